The van der Waals surface area contributed by atoms with Crippen LogP contribution in [0.1, 0.15) is 44.4 Å². The van der Waals surface area contributed by atoms with Crippen molar-refractivity contribution >= 4 is 5.91 Å². The topological polar surface area (TPSA) is 47.6 Å². The van der Waals surface area contributed by atoms with Crippen LogP contribution < -0.4 is 14.8 Å². The van der Waals surface area contributed by atoms with Crippen molar-refractivity contribution in [3.63, 3.8) is 0 Å². The maximum absolute atomic E-state index is 12.6. The smallest absolute Gasteiger partial charge is 0.261 e. The van der Waals surface area contributed by atoms with Gasteiger partial charge in [-0.15, -0.1) is 0 Å². The van der Waals surface area contributed by atoms with E-state index in [9.17, 15) is 4.79 Å². The summed E-state index contributed by atoms with van der Waals surface area (Å²) in [5.41, 5.74) is 2.14. The number of rotatable bonds is 8. The Morgan fingerprint density at radius 3 is 2.40 bits per heavy atom. The lowest BCUT2D eigenvalue weighted by atomic mass is 10.1. The second-order valence-electron chi connectivity index (χ2n) is 6.06. The predicted molar refractivity (Wildman–Crippen MR) is 100 cm³/mol. The minimum Gasteiger partial charge on any atom is -0.494 e. The quantitative estimate of drug-likeness (QED) is 0.773. The molecule has 0 aromatic heterocycles. The largest absolute Gasteiger partial charge is 0.494 e. The summed E-state index contributed by atoms with van der Waals surface area (Å²) in [7, 11) is 0. The highest BCUT2D eigenvalue weighted by atomic mass is 16.5. The van der Waals surface area contributed by atoms with Crippen molar-refractivity contribution in [3.8, 4) is 11.5 Å². The second kappa shape index (κ2) is 9.11. The highest BCUT2D eigenvalue weighted by Crippen LogP contribution is 2.19. The molecule has 1 amide bonds. The maximum atomic E-state index is 12.6. The molecule has 0 spiro atoms. The Morgan fingerprint density at radius 2 is 1.80 bits per heavy atom. The van der Waals surface area contributed by atoms with Gasteiger partial charge in [-0.3, -0.25) is 4.79 Å². The van der Waals surface area contributed by atoms with E-state index in [1.165, 1.54) is 0 Å². The van der Waals surface area contributed by atoms with Gasteiger partial charge in [-0.2, -0.15) is 0 Å². The third kappa shape index (κ3) is 5.52. The molecular formula is C21H27NO3. The highest BCUT2D eigenvalue weighted by molar-refractivity contribution is 5.81. The summed E-state index contributed by atoms with van der Waals surface area (Å²) < 4.78 is 11.3. The normalized spacial score (nSPS) is 13.0. The van der Waals surface area contributed by atoms with E-state index < -0.39 is 6.10 Å². The first kappa shape index (κ1) is 18.8. The lowest BCUT2D eigenvalue weighted by Gasteiger charge is -2.21. The molecule has 2 aromatic rings. The minimum absolute atomic E-state index is 0.0988. The summed E-state index contributed by atoms with van der Waals surface area (Å²) in [6.07, 6.45) is 0.0995. The number of aryl methyl sites for hydroxylation is 1. The van der Waals surface area contributed by atoms with Gasteiger partial charge in [0.1, 0.15) is 11.5 Å². The van der Waals surface area contributed by atoms with Crippen molar-refractivity contribution in [2.75, 3.05) is 6.61 Å². The lowest BCUT2D eigenvalue weighted by Crippen LogP contribution is -2.39. The van der Waals surface area contributed by atoms with Gasteiger partial charge in [-0.1, -0.05) is 31.2 Å². The molecule has 0 bridgehead atoms. The number of carbonyl (C=O) groups excluding carboxylic acids is 1. The molecule has 0 saturated heterocycles. The van der Waals surface area contributed by atoms with E-state index in [1.54, 1.807) is 0 Å². The number of benzene rings is 2. The monoisotopic (exact) mass is 341 g/mol. The number of hydrogen-bond donors (Lipinski definition) is 1. The zero-order valence-corrected chi connectivity index (χ0v) is 15.4. The zero-order chi connectivity index (χ0) is 18.2. The second-order valence-corrected chi connectivity index (χ2v) is 6.06. The van der Waals surface area contributed by atoms with Gasteiger partial charge in [0.25, 0.3) is 5.91 Å². The first-order chi connectivity index (χ1) is 12.0. The van der Waals surface area contributed by atoms with Crippen molar-refractivity contribution in [3.05, 3.63) is 59.7 Å². The molecule has 2 atom stereocenters. The van der Waals surface area contributed by atoms with Crippen molar-refractivity contribution in [2.24, 2.45) is 0 Å². The van der Waals surface area contributed by atoms with E-state index in [0.717, 1.165) is 22.6 Å². The lowest BCUT2D eigenvalue weighted by molar-refractivity contribution is -0.128. The predicted octanol–water partition coefficient (Wildman–Crippen LogP) is 4.43. The molecule has 0 radical (unpaired) electrons. The molecule has 0 aliphatic heterocycles. The molecule has 0 aliphatic carbocycles. The fourth-order valence-corrected chi connectivity index (χ4v) is 2.58. The van der Waals surface area contributed by atoms with Crippen molar-refractivity contribution in [1.29, 1.82) is 0 Å². The Bertz CT molecular complexity index is 682. The van der Waals surface area contributed by atoms with Crippen LogP contribution >= 0.6 is 0 Å². The zero-order valence-electron chi connectivity index (χ0n) is 15.4. The Labute approximate surface area is 150 Å². The maximum Gasteiger partial charge on any atom is 0.261 e. The number of hydrogen-bond acceptors (Lipinski definition) is 3. The van der Waals surface area contributed by atoms with Crippen molar-refractivity contribution < 1.29 is 14.3 Å². The van der Waals surface area contributed by atoms with Crippen LogP contribution in [0, 0.1) is 6.92 Å². The van der Waals surface area contributed by atoms with Gasteiger partial charge >= 0.3 is 0 Å². The first-order valence-electron chi connectivity index (χ1n) is 8.80. The van der Waals surface area contributed by atoms with Crippen LogP contribution in [0.25, 0.3) is 0 Å². The molecule has 0 unspecified atom stereocenters. The molecule has 134 valence electrons. The van der Waals surface area contributed by atoms with Gasteiger partial charge in [-0.25, -0.2) is 0 Å². The van der Waals surface area contributed by atoms with Crippen molar-refractivity contribution in [2.45, 2.75) is 46.3 Å². The molecule has 4 nitrogen and oxygen atoms in total. The number of carbonyl (C=O) groups is 1. The molecule has 25 heavy (non-hydrogen) atoms. The van der Waals surface area contributed by atoms with Gasteiger partial charge < -0.3 is 14.8 Å². The van der Waals surface area contributed by atoms with E-state index in [2.05, 4.69) is 5.32 Å². The van der Waals surface area contributed by atoms with Crippen LogP contribution in [0.3, 0.4) is 0 Å². The molecule has 0 heterocycles. The Hall–Kier alpha value is -2.49. The molecule has 0 saturated carbocycles. The third-order valence-corrected chi connectivity index (χ3v) is 3.98. The van der Waals surface area contributed by atoms with E-state index in [-0.39, 0.29) is 11.9 Å². The van der Waals surface area contributed by atoms with E-state index in [4.69, 9.17) is 9.47 Å². The summed E-state index contributed by atoms with van der Waals surface area (Å²) in [6.45, 7) is 8.51. The molecule has 2 rings (SSSR count). The fourth-order valence-electron chi connectivity index (χ4n) is 2.58. The van der Waals surface area contributed by atoms with E-state index in [1.807, 2.05) is 76.2 Å². The number of amides is 1. The van der Waals surface area contributed by atoms with Gasteiger partial charge in [0, 0.05) is 0 Å². The Kier molecular flexibility index (Phi) is 6.87. The summed E-state index contributed by atoms with van der Waals surface area (Å²) in [5, 5.41) is 3.03. The number of ether oxygens (including phenoxy) is 2. The SMILES string of the molecule is CCOc1ccc([C@@H](C)NC(=O)[C@H](CC)Oc2cccc(C)c2)cc1. The molecule has 1 N–H and O–H groups in total. The van der Waals surface area contributed by atoms with Crippen LogP contribution in [0.5, 0.6) is 11.5 Å². The number of nitrogens with one attached hydrogen (secondary N) is 1. The van der Waals surface area contributed by atoms with Gasteiger partial charge in [0.15, 0.2) is 6.10 Å². The van der Waals surface area contributed by atoms with E-state index in [0.29, 0.717) is 13.0 Å². The Morgan fingerprint density at radius 1 is 1.08 bits per heavy atom. The van der Waals surface area contributed by atoms with Gasteiger partial charge in [-0.05, 0) is 62.6 Å². The standard InChI is InChI=1S/C21H27NO3/c1-5-20(25-19-9-7-8-15(3)14-19)21(23)22-16(4)17-10-12-18(13-11-17)24-6-2/h7-14,16,20H,5-6H2,1-4H3,(H,22,23)/t16-,20+/m1/s1. The average molecular weight is 341 g/mol. The Balaban J connectivity index is 1.98. The third-order valence-electron chi connectivity index (χ3n) is 3.98. The summed E-state index contributed by atoms with van der Waals surface area (Å²) in [5.74, 6) is 1.44. The molecular weight excluding hydrogens is 314 g/mol. The molecule has 0 aliphatic rings. The summed E-state index contributed by atoms with van der Waals surface area (Å²) >= 11 is 0. The van der Waals surface area contributed by atoms with Crippen LogP contribution in [0.4, 0.5) is 0 Å². The first-order valence-corrected chi connectivity index (χ1v) is 8.80. The fraction of sp³-hybridized carbons (Fsp3) is 0.381. The minimum atomic E-state index is -0.507. The molecule has 4 heteroatoms. The molecule has 2 aromatic carbocycles. The summed E-state index contributed by atoms with van der Waals surface area (Å²) in [6, 6.07) is 15.4. The van der Waals surface area contributed by atoms with Crippen LogP contribution in [0.2, 0.25) is 0 Å². The van der Waals surface area contributed by atoms with Crippen LogP contribution in [-0.2, 0) is 4.79 Å². The summed E-state index contributed by atoms with van der Waals surface area (Å²) in [4.78, 5) is 12.6. The van der Waals surface area contributed by atoms with Crippen LogP contribution in [-0.4, -0.2) is 18.6 Å². The van der Waals surface area contributed by atoms with Crippen LogP contribution in [0.15, 0.2) is 48.5 Å². The van der Waals surface area contributed by atoms with Crippen molar-refractivity contribution in [1.82, 2.24) is 5.32 Å². The molecule has 0 fully saturated rings. The van der Waals surface area contributed by atoms with Gasteiger partial charge in [0.2, 0.25) is 0 Å². The highest BCUT2D eigenvalue weighted by Gasteiger charge is 2.20. The average Bonchev–Trinajstić information content (AvgIpc) is 2.60. The van der Waals surface area contributed by atoms with Gasteiger partial charge in [0.05, 0.1) is 12.6 Å². The van der Waals surface area contributed by atoms with E-state index >= 15 is 0 Å².